The van der Waals surface area contributed by atoms with Crippen molar-refractivity contribution in [3.05, 3.63) is 23.8 Å². The average Bonchev–Trinajstić information content (AvgIpc) is 2.98. The van der Waals surface area contributed by atoms with Crippen molar-refractivity contribution in [3.8, 4) is 0 Å². The van der Waals surface area contributed by atoms with Gasteiger partial charge in [-0.3, -0.25) is 0 Å². The Morgan fingerprint density at radius 3 is 2.75 bits per heavy atom. The second-order valence-corrected chi connectivity index (χ2v) is 5.69. The van der Waals surface area contributed by atoms with E-state index in [0.29, 0.717) is 5.92 Å². The summed E-state index contributed by atoms with van der Waals surface area (Å²) >= 11 is 0. The summed E-state index contributed by atoms with van der Waals surface area (Å²) in [5, 5.41) is 0. The van der Waals surface area contributed by atoms with Gasteiger partial charge in [-0.2, -0.15) is 0 Å². The van der Waals surface area contributed by atoms with Crippen molar-refractivity contribution in [1.82, 2.24) is 0 Å². The zero-order chi connectivity index (χ0) is 11.6. The van der Waals surface area contributed by atoms with Crippen molar-refractivity contribution in [2.75, 3.05) is 6.61 Å². The molecule has 1 saturated heterocycles. The lowest BCUT2D eigenvalue weighted by atomic mass is 9.73. The molecule has 1 heterocycles. The normalized spacial score (nSPS) is 35.3. The zero-order valence-electron chi connectivity index (χ0n) is 10.8. The van der Waals surface area contributed by atoms with Crippen LogP contribution >= 0.6 is 0 Å². The summed E-state index contributed by atoms with van der Waals surface area (Å²) < 4.78 is 5.75. The van der Waals surface area contributed by atoms with Gasteiger partial charge < -0.3 is 4.74 Å². The summed E-state index contributed by atoms with van der Waals surface area (Å²) in [6.45, 7) is 7.63. The Hall–Kier alpha value is -0.560. The van der Waals surface area contributed by atoms with Crippen molar-refractivity contribution in [3.63, 3.8) is 0 Å². The number of hydrogen-bond acceptors (Lipinski definition) is 1. The third-order valence-electron chi connectivity index (χ3n) is 4.03. The van der Waals surface area contributed by atoms with Crippen LogP contribution in [-0.4, -0.2) is 12.2 Å². The van der Waals surface area contributed by atoms with Gasteiger partial charge in [0, 0.05) is 0 Å². The summed E-state index contributed by atoms with van der Waals surface area (Å²) in [4.78, 5) is 0. The van der Waals surface area contributed by atoms with E-state index in [1.165, 1.54) is 31.3 Å². The molecule has 16 heavy (non-hydrogen) atoms. The molecule has 2 aliphatic rings. The van der Waals surface area contributed by atoms with Crippen LogP contribution in [0.1, 0.15) is 46.5 Å². The van der Waals surface area contributed by atoms with Crippen LogP contribution in [0, 0.1) is 11.8 Å². The minimum absolute atomic E-state index is 0.285. The monoisotopic (exact) mass is 220 g/mol. The fourth-order valence-corrected chi connectivity index (χ4v) is 2.99. The van der Waals surface area contributed by atoms with E-state index in [1.807, 2.05) is 0 Å². The second kappa shape index (κ2) is 4.75. The molecule has 0 amide bonds. The molecular weight excluding hydrogens is 196 g/mol. The molecule has 2 rings (SSSR count). The largest absolute Gasteiger partial charge is 0.369 e. The zero-order valence-corrected chi connectivity index (χ0v) is 10.8. The summed E-state index contributed by atoms with van der Waals surface area (Å²) in [5.74, 6) is 1.40. The predicted molar refractivity (Wildman–Crippen MR) is 68.4 cm³/mol. The maximum atomic E-state index is 5.75. The fourth-order valence-electron chi connectivity index (χ4n) is 2.99. The van der Waals surface area contributed by atoms with Crippen LogP contribution in [0.15, 0.2) is 23.8 Å². The third-order valence-corrected chi connectivity index (χ3v) is 4.03. The first kappa shape index (κ1) is 11.9. The lowest BCUT2D eigenvalue weighted by Gasteiger charge is -2.32. The third kappa shape index (κ3) is 2.57. The van der Waals surface area contributed by atoms with E-state index in [9.17, 15) is 0 Å². The van der Waals surface area contributed by atoms with Gasteiger partial charge in [0.1, 0.15) is 0 Å². The van der Waals surface area contributed by atoms with E-state index in [4.69, 9.17) is 4.74 Å². The van der Waals surface area contributed by atoms with Gasteiger partial charge in [-0.25, -0.2) is 0 Å². The van der Waals surface area contributed by atoms with Gasteiger partial charge in [0.05, 0.1) is 12.2 Å². The molecule has 2 fully saturated rings. The highest BCUT2D eigenvalue weighted by Crippen LogP contribution is 2.49. The van der Waals surface area contributed by atoms with Crippen LogP contribution in [0.5, 0.6) is 0 Å². The number of rotatable bonds is 3. The highest BCUT2D eigenvalue weighted by Gasteiger charge is 2.53. The smallest absolute Gasteiger partial charge is 0.0950 e. The van der Waals surface area contributed by atoms with E-state index in [1.54, 1.807) is 0 Å². The van der Waals surface area contributed by atoms with Crippen molar-refractivity contribution in [2.45, 2.75) is 52.1 Å². The molecule has 1 spiro atoms. The van der Waals surface area contributed by atoms with E-state index < -0.39 is 0 Å². The average molecular weight is 220 g/mol. The topological polar surface area (TPSA) is 12.5 Å². The lowest BCUT2D eigenvalue weighted by molar-refractivity contribution is 0.131. The summed E-state index contributed by atoms with van der Waals surface area (Å²) in [6.07, 6.45) is 12.1. The molecule has 1 nitrogen and oxygen atoms in total. The van der Waals surface area contributed by atoms with E-state index >= 15 is 0 Å². The van der Waals surface area contributed by atoms with Gasteiger partial charge in [0.25, 0.3) is 0 Å². The molecule has 1 saturated carbocycles. The first-order chi connectivity index (χ1) is 7.64. The Kier molecular flexibility index (Phi) is 3.53. The molecule has 0 aromatic carbocycles. The second-order valence-electron chi connectivity index (χ2n) is 5.69. The number of epoxide rings is 1. The van der Waals surface area contributed by atoms with Gasteiger partial charge in [-0.05, 0) is 38.5 Å². The lowest BCUT2D eigenvalue weighted by Crippen LogP contribution is -2.32. The maximum absolute atomic E-state index is 5.75. The summed E-state index contributed by atoms with van der Waals surface area (Å²) in [6, 6.07) is 0. The highest BCUT2D eigenvalue weighted by molar-refractivity contribution is 5.12. The van der Waals surface area contributed by atoms with Crippen LogP contribution in [0.4, 0.5) is 0 Å². The molecule has 1 heteroatoms. The SMILES string of the molecule is CC(C)=C/C=C/C(C)C1CCCC[C@]12CO2. The molecule has 3 atom stereocenters. The van der Waals surface area contributed by atoms with E-state index in [2.05, 4.69) is 39.0 Å². The van der Waals surface area contributed by atoms with Crippen molar-refractivity contribution < 1.29 is 4.74 Å². The molecular formula is C15H24O. The number of allylic oxidation sites excluding steroid dienone is 4. The first-order valence-electron chi connectivity index (χ1n) is 6.60. The Morgan fingerprint density at radius 2 is 2.12 bits per heavy atom. The Morgan fingerprint density at radius 1 is 1.38 bits per heavy atom. The van der Waals surface area contributed by atoms with Crippen molar-refractivity contribution >= 4 is 0 Å². The van der Waals surface area contributed by atoms with E-state index in [-0.39, 0.29) is 5.60 Å². The molecule has 90 valence electrons. The maximum Gasteiger partial charge on any atom is 0.0950 e. The number of hydrogen-bond donors (Lipinski definition) is 0. The minimum atomic E-state index is 0.285. The Bertz CT molecular complexity index is 293. The molecule has 1 aliphatic heterocycles. The van der Waals surface area contributed by atoms with Crippen LogP contribution < -0.4 is 0 Å². The van der Waals surface area contributed by atoms with Crippen molar-refractivity contribution in [1.29, 1.82) is 0 Å². The molecule has 0 aromatic heterocycles. The summed E-state index contributed by atoms with van der Waals surface area (Å²) in [5.41, 5.74) is 1.65. The van der Waals surface area contributed by atoms with Gasteiger partial charge >= 0.3 is 0 Å². The van der Waals surface area contributed by atoms with E-state index in [0.717, 1.165) is 12.5 Å². The van der Waals surface area contributed by atoms with Gasteiger partial charge in [0.15, 0.2) is 0 Å². The highest BCUT2D eigenvalue weighted by atomic mass is 16.6. The first-order valence-corrected chi connectivity index (χ1v) is 6.60. The molecule has 0 radical (unpaired) electrons. The molecule has 1 aliphatic carbocycles. The summed E-state index contributed by atoms with van der Waals surface area (Å²) in [7, 11) is 0. The Balaban J connectivity index is 1.95. The number of ether oxygens (including phenoxy) is 1. The molecule has 2 unspecified atom stereocenters. The van der Waals surface area contributed by atoms with Gasteiger partial charge in [-0.1, -0.05) is 43.6 Å². The molecule has 0 aromatic rings. The predicted octanol–water partition coefficient (Wildman–Crippen LogP) is 4.10. The fraction of sp³-hybridized carbons (Fsp3) is 0.733. The van der Waals surface area contributed by atoms with Crippen molar-refractivity contribution in [2.24, 2.45) is 11.8 Å². The molecule has 0 bridgehead atoms. The standard InChI is InChI=1S/C15H24O/c1-12(2)7-6-8-13(3)14-9-4-5-10-15(14)11-16-15/h6-8,13-14H,4-5,9-11H2,1-3H3/b8-6+/t13?,14?,15-/m0/s1. The minimum Gasteiger partial charge on any atom is -0.369 e. The van der Waals surface area contributed by atoms with Crippen LogP contribution in [0.2, 0.25) is 0 Å². The van der Waals surface area contributed by atoms with Gasteiger partial charge in [0.2, 0.25) is 0 Å². The van der Waals surface area contributed by atoms with Gasteiger partial charge in [-0.15, -0.1) is 0 Å². The van der Waals surface area contributed by atoms with Crippen LogP contribution in [0.3, 0.4) is 0 Å². The quantitative estimate of drug-likeness (QED) is 0.515. The molecule has 0 N–H and O–H groups in total. The Labute approximate surface area is 99.6 Å². The van der Waals surface area contributed by atoms with Crippen LogP contribution in [-0.2, 0) is 4.74 Å². The van der Waals surface area contributed by atoms with Crippen LogP contribution in [0.25, 0.3) is 0 Å².